The fourth-order valence-electron chi connectivity index (χ4n) is 1.61. The number of aryl methyl sites for hydroxylation is 1. The average Bonchev–Trinajstić information content (AvgIpc) is 2.33. The van der Waals surface area contributed by atoms with E-state index >= 15 is 0 Å². The van der Waals surface area contributed by atoms with Gasteiger partial charge in [-0.25, -0.2) is 4.68 Å². The zero-order valence-electron chi connectivity index (χ0n) is 9.63. The number of phenols is 1. The Morgan fingerprint density at radius 1 is 1.18 bits per heavy atom. The first kappa shape index (κ1) is 11.4. The van der Waals surface area contributed by atoms with E-state index in [1.807, 2.05) is 6.92 Å². The minimum atomic E-state index is -0.0885. The van der Waals surface area contributed by atoms with Gasteiger partial charge >= 0.3 is 0 Å². The van der Waals surface area contributed by atoms with Gasteiger partial charge < -0.3 is 5.11 Å². The molecule has 0 amide bonds. The Bertz CT molecular complexity index is 558. The average molecular weight is 230 g/mol. The Kier molecular flexibility index (Phi) is 3.23. The molecule has 2 aromatic rings. The second kappa shape index (κ2) is 4.82. The van der Waals surface area contributed by atoms with Gasteiger partial charge in [-0.15, -0.1) is 0 Å². The van der Waals surface area contributed by atoms with Gasteiger partial charge in [0.2, 0.25) is 0 Å². The number of hydrogen-bond acceptors (Lipinski definition) is 3. The molecule has 1 heterocycles. The lowest BCUT2D eigenvalue weighted by atomic mass is 10.1. The van der Waals surface area contributed by atoms with Crippen LogP contribution in [-0.4, -0.2) is 14.9 Å². The molecule has 1 N–H and O–H groups in total. The first-order chi connectivity index (χ1) is 8.20. The molecule has 0 bridgehead atoms. The van der Waals surface area contributed by atoms with Crippen LogP contribution in [0.1, 0.15) is 13.3 Å². The molecular weight excluding hydrogens is 216 g/mol. The van der Waals surface area contributed by atoms with Gasteiger partial charge in [-0.2, -0.15) is 5.10 Å². The van der Waals surface area contributed by atoms with Crippen molar-refractivity contribution in [3.63, 3.8) is 0 Å². The predicted octanol–water partition coefficient (Wildman–Crippen LogP) is 2.03. The van der Waals surface area contributed by atoms with E-state index in [1.54, 1.807) is 30.3 Å². The highest BCUT2D eigenvalue weighted by Gasteiger charge is 2.02. The van der Waals surface area contributed by atoms with Crippen LogP contribution in [0.3, 0.4) is 0 Å². The van der Waals surface area contributed by atoms with Crippen LogP contribution in [0.25, 0.3) is 11.3 Å². The summed E-state index contributed by atoms with van der Waals surface area (Å²) in [5, 5.41) is 13.5. The third-order valence-corrected chi connectivity index (χ3v) is 2.47. The lowest BCUT2D eigenvalue weighted by Gasteiger charge is -2.05. The van der Waals surface area contributed by atoms with Crippen molar-refractivity contribution in [2.45, 2.75) is 19.9 Å². The van der Waals surface area contributed by atoms with E-state index < -0.39 is 0 Å². The predicted molar refractivity (Wildman–Crippen MR) is 65.9 cm³/mol. The maximum atomic E-state index is 11.5. The van der Waals surface area contributed by atoms with E-state index in [0.29, 0.717) is 6.54 Å². The molecule has 88 valence electrons. The molecule has 0 aliphatic carbocycles. The third-order valence-electron chi connectivity index (χ3n) is 2.47. The standard InChI is InChI=1S/C13H14N2O2/c1-2-9-15-13(17)8-7-12(14-15)10-3-5-11(16)6-4-10/h3-8,16H,2,9H2,1H3. The second-order valence-corrected chi connectivity index (χ2v) is 3.83. The van der Waals surface area contributed by atoms with Crippen LogP contribution >= 0.6 is 0 Å². The van der Waals surface area contributed by atoms with Crippen LogP contribution in [0.5, 0.6) is 5.75 Å². The lowest BCUT2D eigenvalue weighted by Crippen LogP contribution is -2.21. The van der Waals surface area contributed by atoms with Gasteiger partial charge in [-0.3, -0.25) is 4.79 Å². The zero-order chi connectivity index (χ0) is 12.3. The molecule has 1 aromatic carbocycles. The van der Waals surface area contributed by atoms with E-state index in [4.69, 9.17) is 0 Å². The highest BCUT2D eigenvalue weighted by Crippen LogP contribution is 2.18. The van der Waals surface area contributed by atoms with Crippen LogP contribution in [0.15, 0.2) is 41.2 Å². The summed E-state index contributed by atoms with van der Waals surface area (Å²) in [7, 11) is 0. The number of aromatic hydroxyl groups is 1. The monoisotopic (exact) mass is 230 g/mol. The van der Waals surface area contributed by atoms with Gasteiger partial charge in [-0.1, -0.05) is 6.92 Å². The minimum absolute atomic E-state index is 0.0885. The molecule has 0 unspecified atom stereocenters. The highest BCUT2D eigenvalue weighted by atomic mass is 16.3. The normalized spacial score (nSPS) is 10.4. The second-order valence-electron chi connectivity index (χ2n) is 3.83. The molecule has 0 saturated carbocycles. The van der Waals surface area contributed by atoms with Crippen LogP contribution in [0.2, 0.25) is 0 Å². The van der Waals surface area contributed by atoms with E-state index in [-0.39, 0.29) is 11.3 Å². The van der Waals surface area contributed by atoms with Gasteiger partial charge in [0.05, 0.1) is 5.69 Å². The van der Waals surface area contributed by atoms with Crippen LogP contribution in [0.4, 0.5) is 0 Å². The van der Waals surface area contributed by atoms with Gasteiger partial charge in [0.1, 0.15) is 5.75 Å². The van der Waals surface area contributed by atoms with Crippen molar-refractivity contribution in [3.05, 3.63) is 46.8 Å². The SMILES string of the molecule is CCCn1nc(-c2ccc(O)cc2)ccc1=O. The fraction of sp³-hybridized carbons (Fsp3) is 0.231. The summed E-state index contributed by atoms with van der Waals surface area (Å²) in [6.07, 6.45) is 0.867. The number of phenolic OH excluding ortho intramolecular Hbond substituents is 1. The maximum absolute atomic E-state index is 11.5. The molecular formula is C13H14N2O2. The van der Waals surface area contributed by atoms with E-state index in [0.717, 1.165) is 17.7 Å². The Labute approximate surface area is 99.2 Å². The van der Waals surface area contributed by atoms with E-state index in [1.165, 1.54) is 10.7 Å². The molecule has 0 fully saturated rings. The largest absolute Gasteiger partial charge is 0.508 e. The summed E-state index contributed by atoms with van der Waals surface area (Å²) < 4.78 is 1.46. The molecule has 0 radical (unpaired) electrons. The van der Waals surface area contributed by atoms with Crippen molar-refractivity contribution in [1.82, 2.24) is 9.78 Å². The Balaban J connectivity index is 2.42. The minimum Gasteiger partial charge on any atom is -0.508 e. The molecule has 1 aromatic heterocycles. The topological polar surface area (TPSA) is 55.1 Å². The van der Waals surface area contributed by atoms with Crippen molar-refractivity contribution in [3.8, 4) is 17.0 Å². The highest BCUT2D eigenvalue weighted by molar-refractivity contribution is 5.59. The number of nitrogens with zero attached hydrogens (tertiary/aromatic N) is 2. The number of benzene rings is 1. The number of aromatic nitrogens is 2. The molecule has 0 atom stereocenters. The van der Waals surface area contributed by atoms with Gasteiger partial charge in [-0.05, 0) is 36.8 Å². The van der Waals surface area contributed by atoms with E-state index in [2.05, 4.69) is 5.10 Å². The molecule has 0 spiro atoms. The van der Waals surface area contributed by atoms with Gasteiger partial charge in [0.25, 0.3) is 5.56 Å². The fourth-order valence-corrected chi connectivity index (χ4v) is 1.61. The zero-order valence-corrected chi connectivity index (χ0v) is 9.63. The summed E-state index contributed by atoms with van der Waals surface area (Å²) in [5.74, 6) is 0.218. The summed E-state index contributed by atoms with van der Waals surface area (Å²) >= 11 is 0. The van der Waals surface area contributed by atoms with Crippen LogP contribution < -0.4 is 5.56 Å². The first-order valence-electron chi connectivity index (χ1n) is 5.58. The Morgan fingerprint density at radius 2 is 1.88 bits per heavy atom. The van der Waals surface area contributed by atoms with Crippen LogP contribution in [0, 0.1) is 0 Å². The Hall–Kier alpha value is -2.10. The summed E-state index contributed by atoms with van der Waals surface area (Å²) in [4.78, 5) is 11.5. The first-order valence-corrected chi connectivity index (χ1v) is 5.58. The summed E-state index contributed by atoms with van der Waals surface area (Å²) in [5.41, 5.74) is 1.53. The van der Waals surface area contributed by atoms with Crippen molar-refractivity contribution < 1.29 is 5.11 Å². The summed E-state index contributed by atoms with van der Waals surface area (Å²) in [6, 6.07) is 9.97. The molecule has 17 heavy (non-hydrogen) atoms. The van der Waals surface area contributed by atoms with Crippen molar-refractivity contribution in [2.75, 3.05) is 0 Å². The van der Waals surface area contributed by atoms with Crippen molar-refractivity contribution in [1.29, 1.82) is 0 Å². The number of rotatable bonds is 3. The molecule has 0 saturated heterocycles. The lowest BCUT2D eigenvalue weighted by molar-refractivity contribution is 0.475. The van der Waals surface area contributed by atoms with Crippen LogP contribution in [-0.2, 0) is 6.54 Å². The van der Waals surface area contributed by atoms with Crippen molar-refractivity contribution in [2.24, 2.45) is 0 Å². The quantitative estimate of drug-likeness (QED) is 0.877. The molecule has 2 rings (SSSR count). The molecule has 4 heteroatoms. The molecule has 0 aliphatic heterocycles. The van der Waals surface area contributed by atoms with E-state index in [9.17, 15) is 9.90 Å². The molecule has 0 aliphatic rings. The van der Waals surface area contributed by atoms with Crippen molar-refractivity contribution >= 4 is 0 Å². The summed E-state index contributed by atoms with van der Waals surface area (Å²) in [6.45, 7) is 2.62. The number of hydrogen-bond donors (Lipinski definition) is 1. The molecule has 4 nitrogen and oxygen atoms in total. The van der Waals surface area contributed by atoms with Gasteiger partial charge in [0.15, 0.2) is 0 Å². The smallest absolute Gasteiger partial charge is 0.266 e. The maximum Gasteiger partial charge on any atom is 0.266 e. The Morgan fingerprint density at radius 3 is 2.53 bits per heavy atom. The van der Waals surface area contributed by atoms with Gasteiger partial charge in [0, 0.05) is 18.2 Å². The third kappa shape index (κ3) is 2.53.